The van der Waals surface area contributed by atoms with Crippen LogP contribution in [-0.2, 0) is 13.0 Å². The highest BCUT2D eigenvalue weighted by Gasteiger charge is 2.20. The lowest BCUT2D eigenvalue weighted by Gasteiger charge is -2.18. The van der Waals surface area contributed by atoms with Crippen LogP contribution in [0.5, 0.6) is 11.5 Å². The fourth-order valence-corrected chi connectivity index (χ4v) is 3.86. The molecule has 2 aromatic rings. The molecule has 0 aromatic heterocycles. The largest absolute Gasteiger partial charge is 1.00 e. The zero-order chi connectivity index (χ0) is 17.5. The Morgan fingerprint density at radius 3 is 2.50 bits per heavy atom. The molecule has 0 saturated heterocycles. The number of benzene rings is 2. The minimum Gasteiger partial charge on any atom is -1.00 e. The average Bonchev–Trinajstić information content (AvgIpc) is 3.15. The van der Waals surface area contributed by atoms with E-state index < -0.39 is 0 Å². The third-order valence-electron chi connectivity index (χ3n) is 4.64. The van der Waals surface area contributed by atoms with E-state index in [0.29, 0.717) is 6.10 Å². The van der Waals surface area contributed by atoms with Gasteiger partial charge in [-0.05, 0) is 77.8 Å². The average molecular weight is 440 g/mol. The maximum absolute atomic E-state index is 6.17. The summed E-state index contributed by atoms with van der Waals surface area (Å²) in [5.41, 5.74) is 2.55. The summed E-state index contributed by atoms with van der Waals surface area (Å²) in [6.45, 7) is 1.76. The van der Waals surface area contributed by atoms with E-state index in [2.05, 4.69) is 63.7 Å². The Labute approximate surface area is 171 Å². The van der Waals surface area contributed by atoms with Crippen molar-refractivity contribution >= 4 is 15.9 Å². The molecule has 0 radical (unpaired) electrons. The van der Waals surface area contributed by atoms with Gasteiger partial charge in [0.1, 0.15) is 0 Å². The minimum atomic E-state index is 0. The van der Waals surface area contributed by atoms with Crippen molar-refractivity contribution in [3.63, 3.8) is 0 Å². The first-order chi connectivity index (χ1) is 12.3. The van der Waals surface area contributed by atoms with Crippen molar-refractivity contribution in [2.75, 3.05) is 13.7 Å². The molecule has 3 rings (SSSR count). The van der Waals surface area contributed by atoms with Gasteiger partial charge in [-0.25, -0.2) is 0 Å². The first-order valence-electron chi connectivity index (χ1n) is 9.04. The van der Waals surface area contributed by atoms with Crippen LogP contribution in [0, 0.1) is 0 Å². The van der Waals surface area contributed by atoms with Crippen molar-refractivity contribution in [3.8, 4) is 11.5 Å². The molecule has 0 spiro atoms. The van der Waals surface area contributed by atoms with E-state index in [9.17, 15) is 0 Å². The lowest BCUT2D eigenvalue weighted by molar-refractivity contribution is -0.00000609. The van der Waals surface area contributed by atoms with Gasteiger partial charge < -0.3 is 27.2 Å². The molecule has 1 saturated carbocycles. The van der Waals surface area contributed by atoms with Crippen LogP contribution >= 0.6 is 15.9 Å². The van der Waals surface area contributed by atoms with Crippen LogP contribution in [0.15, 0.2) is 46.9 Å². The molecule has 0 heterocycles. The van der Waals surface area contributed by atoms with Gasteiger partial charge in [0.2, 0.25) is 0 Å². The fourth-order valence-electron chi connectivity index (χ4n) is 3.27. The fraction of sp³-hybridized carbons (Fsp3) is 0.429. The van der Waals surface area contributed by atoms with Crippen LogP contribution in [0.1, 0.15) is 36.8 Å². The van der Waals surface area contributed by atoms with E-state index in [1.54, 1.807) is 7.11 Å². The molecule has 0 amide bonds. The van der Waals surface area contributed by atoms with E-state index >= 15 is 0 Å². The minimum absolute atomic E-state index is 0. The summed E-state index contributed by atoms with van der Waals surface area (Å²) in [4.78, 5) is 0. The Morgan fingerprint density at radius 1 is 1.08 bits per heavy atom. The van der Waals surface area contributed by atoms with Crippen LogP contribution in [0.4, 0.5) is 0 Å². The van der Waals surface area contributed by atoms with Gasteiger partial charge in [0.15, 0.2) is 11.5 Å². The van der Waals surface area contributed by atoms with Gasteiger partial charge >= 0.3 is 0 Å². The van der Waals surface area contributed by atoms with Crippen molar-refractivity contribution in [1.82, 2.24) is 5.32 Å². The van der Waals surface area contributed by atoms with Crippen molar-refractivity contribution in [2.24, 2.45) is 0 Å². The maximum atomic E-state index is 6.17. The quantitative estimate of drug-likeness (QED) is 0.639. The van der Waals surface area contributed by atoms with Gasteiger partial charge in [0, 0.05) is 6.54 Å². The lowest BCUT2D eigenvalue weighted by Crippen LogP contribution is -3.00. The van der Waals surface area contributed by atoms with Crippen LogP contribution in [0.2, 0.25) is 0 Å². The van der Waals surface area contributed by atoms with Gasteiger partial charge in [-0.3, -0.25) is 0 Å². The predicted octanol–water partition coefficient (Wildman–Crippen LogP) is 2.12. The first kappa shape index (κ1) is 21.1. The van der Waals surface area contributed by atoms with Gasteiger partial charge in [-0.1, -0.05) is 30.3 Å². The standard InChI is InChI=1S/C21H26BrNO2.ClH/c1-24-20-14-17(15-23-12-11-16-7-3-2-4-8-16)13-19(22)21(20)25-18-9-5-6-10-18;/h2-4,7-8,13-14,18,23H,5-6,9-12,15H2,1H3;1H/p-1. The number of methoxy groups -OCH3 is 1. The molecule has 1 fully saturated rings. The smallest absolute Gasteiger partial charge is 0.175 e. The summed E-state index contributed by atoms with van der Waals surface area (Å²) >= 11 is 3.66. The SMILES string of the molecule is COc1cc(CNCCc2ccccc2)cc(Br)c1OC1CCCC1.[Cl-]. The third-order valence-corrected chi connectivity index (χ3v) is 5.23. The number of nitrogens with one attached hydrogen (secondary N) is 1. The maximum Gasteiger partial charge on any atom is 0.175 e. The lowest BCUT2D eigenvalue weighted by atomic mass is 10.1. The zero-order valence-corrected chi connectivity index (χ0v) is 17.5. The zero-order valence-electron chi connectivity index (χ0n) is 15.1. The first-order valence-corrected chi connectivity index (χ1v) is 9.83. The molecule has 2 aromatic carbocycles. The van der Waals surface area contributed by atoms with Gasteiger partial charge in [0.05, 0.1) is 17.7 Å². The Bertz CT molecular complexity index is 675. The summed E-state index contributed by atoms with van der Waals surface area (Å²) in [5.74, 6) is 1.64. The van der Waals surface area contributed by atoms with Crippen LogP contribution in [0.3, 0.4) is 0 Å². The van der Waals surface area contributed by atoms with E-state index in [1.807, 2.05) is 0 Å². The van der Waals surface area contributed by atoms with Gasteiger partial charge in [-0.15, -0.1) is 0 Å². The van der Waals surface area contributed by atoms with E-state index in [4.69, 9.17) is 9.47 Å². The summed E-state index contributed by atoms with van der Waals surface area (Å²) in [6, 6.07) is 14.7. The highest BCUT2D eigenvalue weighted by atomic mass is 79.9. The third kappa shape index (κ3) is 5.90. The van der Waals surface area contributed by atoms with Crippen LogP contribution < -0.4 is 27.2 Å². The number of ether oxygens (including phenoxy) is 2. The molecule has 0 bridgehead atoms. The molecule has 0 aliphatic heterocycles. The highest BCUT2D eigenvalue weighted by Crippen LogP contribution is 2.39. The van der Waals surface area contributed by atoms with Gasteiger partial charge in [-0.2, -0.15) is 0 Å². The Morgan fingerprint density at radius 2 is 1.81 bits per heavy atom. The summed E-state index contributed by atoms with van der Waals surface area (Å²) in [6.07, 6.45) is 6.14. The van der Waals surface area contributed by atoms with Crippen molar-refractivity contribution in [2.45, 2.75) is 44.8 Å². The molecule has 0 unspecified atom stereocenters. The molecule has 1 aliphatic rings. The molecule has 1 N–H and O–H groups in total. The van der Waals surface area contributed by atoms with Gasteiger partial charge in [0.25, 0.3) is 0 Å². The molecule has 142 valence electrons. The van der Waals surface area contributed by atoms with Crippen LogP contribution in [0.25, 0.3) is 0 Å². The van der Waals surface area contributed by atoms with E-state index in [0.717, 1.165) is 48.3 Å². The molecule has 5 heteroatoms. The number of hydrogen-bond donors (Lipinski definition) is 1. The van der Waals surface area contributed by atoms with Crippen molar-refractivity contribution in [3.05, 3.63) is 58.1 Å². The monoisotopic (exact) mass is 438 g/mol. The van der Waals surface area contributed by atoms with Crippen molar-refractivity contribution < 1.29 is 21.9 Å². The molecule has 3 nitrogen and oxygen atoms in total. The van der Waals surface area contributed by atoms with Crippen molar-refractivity contribution in [1.29, 1.82) is 0 Å². The highest BCUT2D eigenvalue weighted by molar-refractivity contribution is 9.10. The second-order valence-corrected chi connectivity index (χ2v) is 7.40. The Balaban J connectivity index is 0.00000243. The Kier molecular flexibility index (Phi) is 8.76. The predicted molar refractivity (Wildman–Crippen MR) is 105 cm³/mol. The topological polar surface area (TPSA) is 30.5 Å². The molecule has 0 atom stereocenters. The second-order valence-electron chi connectivity index (χ2n) is 6.55. The summed E-state index contributed by atoms with van der Waals surface area (Å²) in [5, 5.41) is 3.50. The second kappa shape index (κ2) is 10.8. The summed E-state index contributed by atoms with van der Waals surface area (Å²) < 4.78 is 12.7. The van der Waals surface area contributed by atoms with E-state index in [-0.39, 0.29) is 12.4 Å². The summed E-state index contributed by atoms with van der Waals surface area (Å²) in [7, 11) is 1.70. The Hall–Kier alpha value is -1.23. The molecule has 26 heavy (non-hydrogen) atoms. The molecular formula is C21H26BrClNO2-. The molecule has 1 aliphatic carbocycles. The van der Waals surface area contributed by atoms with Crippen LogP contribution in [-0.4, -0.2) is 19.8 Å². The number of halogens is 2. The number of rotatable bonds is 8. The van der Waals surface area contributed by atoms with E-state index in [1.165, 1.54) is 24.0 Å². The molecular weight excluding hydrogens is 414 g/mol. The normalized spacial score (nSPS) is 14.1. The number of hydrogen-bond acceptors (Lipinski definition) is 3.